The summed E-state index contributed by atoms with van der Waals surface area (Å²) in [7, 11) is 0. The van der Waals surface area contributed by atoms with E-state index in [0.29, 0.717) is 38.2 Å². The molecule has 0 spiro atoms. The molecule has 3 unspecified atom stereocenters. The molecule has 1 aliphatic carbocycles. The van der Waals surface area contributed by atoms with Gasteiger partial charge < -0.3 is 9.80 Å². The second kappa shape index (κ2) is 10.2. The lowest BCUT2D eigenvalue weighted by Gasteiger charge is -2.56. The summed E-state index contributed by atoms with van der Waals surface area (Å²) in [6.07, 6.45) is 5.25. The number of halogens is 1. The number of hydrogen-bond donors (Lipinski definition) is 1. The van der Waals surface area contributed by atoms with E-state index < -0.39 is 11.9 Å². The van der Waals surface area contributed by atoms with Crippen LogP contribution in [-0.2, 0) is 27.5 Å². The molecule has 212 valence electrons. The first-order valence-electron chi connectivity index (χ1n) is 14.7. The minimum absolute atomic E-state index is 0.115. The van der Waals surface area contributed by atoms with Crippen molar-refractivity contribution in [2.45, 2.75) is 76.2 Å². The van der Waals surface area contributed by atoms with Crippen LogP contribution in [0.15, 0.2) is 48.0 Å². The van der Waals surface area contributed by atoms with Crippen LogP contribution >= 0.6 is 0 Å². The minimum atomic E-state index is -0.627. The lowest BCUT2D eigenvalue weighted by Crippen LogP contribution is -2.69. The number of carbonyl (C=O) groups excluding carboxylic acids is 4. The van der Waals surface area contributed by atoms with E-state index >= 15 is 0 Å². The Labute approximate surface area is 238 Å². The molecule has 5 aliphatic heterocycles. The second-order valence-corrected chi connectivity index (χ2v) is 11.9. The van der Waals surface area contributed by atoms with Gasteiger partial charge in [0.05, 0.1) is 0 Å². The van der Waals surface area contributed by atoms with Gasteiger partial charge in [-0.05, 0) is 79.0 Å². The first kappa shape index (κ1) is 26.1. The van der Waals surface area contributed by atoms with E-state index in [0.717, 1.165) is 59.9 Å². The van der Waals surface area contributed by atoms with Crippen LogP contribution in [0.1, 0.15) is 72.0 Å². The zero-order valence-corrected chi connectivity index (χ0v) is 22.9. The number of imide groups is 1. The van der Waals surface area contributed by atoms with Gasteiger partial charge in [-0.2, -0.15) is 0 Å². The fraction of sp³-hybridized carbons (Fsp3) is 0.438. The van der Waals surface area contributed by atoms with Crippen LogP contribution in [0.3, 0.4) is 0 Å². The van der Waals surface area contributed by atoms with Crippen LogP contribution in [0, 0.1) is 5.82 Å². The number of hydrogen-bond acceptors (Lipinski definition) is 5. The molecule has 8 nitrogen and oxygen atoms in total. The summed E-state index contributed by atoms with van der Waals surface area (Å²) in [5.41, 5.74) is 5.54. The largest absolute Gasteiger partial charge is 0.336 e. The van der Waals surface area contributed by atoms with E-state index in [1.54, 1.807) is 17.0 Å². The van der Waals surface area contributed by atoms with Crippen molar-refractivity contribution in [3.05, 3.63) is 76.1 Å². The van der Waals surface area contributed by atoms with Crippen LogP contribution in [0.2, 0.25) is 0 Å². The Morgan fingerprint density at radius 2 is 1.71 bits per heavy atom. The molecule has 9 heteroatoms. The number of carbonyl (C=O) groups is 4. The molecule has 0 aromatic heterocycles. The highest BCUT2D eigenvalue weighted by atomic mass is 19.1. The molecule has 2 aromatic carbocycles. The Morgan fingerprint density at radius 3 is 2.46 bits per heavy atom. The van der Waals surface area contributed by atoms with Gasteiger partial charge in [0.15, 0.2) is 0 Å². The summed E-state index contributed by atoms with van der Waals surface area (Å²) in [5, 5.41) is 2.37. The van der Waals surface area contributed by atoms with Crippen molar-refractivity contribution >= 4 is 29.2 Å². The predicted octanol–water partition coefficient (Wildman–Crippen LogP) is 3.40. The maximum Gasteiger partial charge on any atom is 0.255 e. The van der Waals surface area contributed by atoms with Crippen molar-refractivity contribution in [2.24, 2.45) is 0 Å². The fourth-order valence-corrected chi connectivity index (χ4v) is 7.41. The van der Waals surface area contributed by atoms with Crippen molar-refractivity contribution in [1.29, 1.82) is 0 Å². The molecule has 2 bridgehead atoms. The SMILES string of the molecule is O=C1CCC(N2Cc3c(CN4C5CC4CN(C(=O)C4=C(c6ccc(F)cc6)CCCC4)C5)cccc3C2=O)C(=O)N1. The summed E-state index contributed by atoms with van der Waals surface area (Å²) >= 11 is 0. The maximum absolute atomic E-state index is 13.7. The van der Waals surface area contributed by atoms with Gasteiger partial charge in [-0.25, -0.2) is 4.39 Å². The fourth-order valence-electron chi connectivity index (χ4n) is 7.41. The van der Waals surface area contributed by atoms with E-state index in [-0.39, 0.29) is 42.0 Å². The molecule has 2 aromatic rings. The molecule has 4 saturated heterocycles. The number of fused-ring (bicyclic) bond motifs is 3. The molecular formula is C32H33FN4O4. The van der Waals surface area contributed by atoms with Crippen LogP contribution in [0.5, 0.6) is 0 Å². The highest BCUT2D eigenvalue weighted by molar-refractivity contribution is 6.05. The van der Waals surface area contributed by atoms with Crippen molar-refractivity contribution in [3.63, 3.8) is 0 Å². The van der Waals surface area contributed by atoms with Crippen molar-refractivity contribution < 1.29 is 23.6 Å². The third-order valence-electron chi connectivity index (χ3n) is 9.58. The number of allylic oxidation sites excluding steroid dienone is 1. The smallest absolute Gasteiger partial charge is 0.255 e. The minimum Gasteiger partial charge on any atom is -0.336 e. The summed E-state index contributed by atoms with van der Waals surface area (Å²) in [6.45, 7) is 2.41. The van der Waals surface area contributed by atoms with E-state index in [1.807, 2.05) is 17.0 Å². The summed E-state index contributed by atoms with van der Waals surface area (Å²) < 4.78 is 13.5. The molecule has 1 N–H and O–H groups in total. The zero-order chi connectivity index (χ0) is 28.2. The number of nitrogens with one attached hydrogen (secondary N) is 1. The third kappa shape index (κ3) is 4.56. The van der Waals surface area contributed by atoms with Crippen molar-refractivity contribution in [3.8, 4) is 0 Å². The average molecular weight is 557 g/mol. The third-order valence-corrected chi connectivity index (χ3v) is 9.58. The summed E-state index contributed by atoms with van der Waals surface area (Å²) in [6, 6.07) is 12.2. The Bertz CT molecular complexity index is 1470. The van der Waals surface area contributed by atoms with Gasteiger partial charge in [-0.1, -0.05) is 24.3 Å². The molecule has 4 amide bonds. The van der Waals surface area contributed by atoms with E-state index in [2.05, 4.69) is 16.3 Å². The number of benzene rings is 2. The van der Waals surface area contributed by atoms with E-state index in [1.165, 1.54) is 12.1 Å². The van der Waals surface area contributed by atoms with E-state index in [4.69, 9.17) is 0 Å². The highest BCUT2D eigenvalue weighted by Crippen LogP contribution is 2.39. The van der Waals surface area contributed by atoms with Crippen LogP contribution in [0.25, 0.3) is 5.57 Å². The van der Waals surface area contributed by atoms with Gasteiger partial charge in [-0.15, -0.1) is 0 Å². The monoisotopic (exact) mass is 556 g/mol. The number of nitrogens with zero attached hydrogens (tertiary/aromatic N) is 3. The predicted molar refractivity (Wildman–Crippen MR) is 149 cm³/mol. The molecule has 3 atom stereocenters. The molecule has 8 rings (SSSR count). The number of rotatable bonds is 5. The quantitative estimate of drug-likeness (QED) is 0.571. The van der Waals surface area contributed by atoms with Crippen molar-refractivity contribution in [2.75, 3.05) is 13.1 Å². The molecule has 4 fully saturated rings. The van der Waals surface area contributed by atoms with Gasteiger partial charge in [0.1, 0.15) is 11.9 Å². The maximum atomic E-state index is 13.7. The first-order valence-corrected chi connectivity index (χ1v) is 14.7. The normalized spacial score (nSPS) is 26.2. The van der Waals surface area contributed by atoms with Crippen LogP contribution in [-0.4, -0.2) is 69.5 Å². The lowest BCUT2D eigenvalue weighted by atomic mass is 9.83. The Morgan fingerprint density at radius 1 is 0.951 bits per heavy atom. The first-order chi connectivity index (χ1) is 19.9. The zero-order valence-electron chi connectivity index (χ0n) is 22.9. The molecule has 5 heterocycles. The molecule has 6 aliphatic rings. The number of piperazine rings is 1. The van der Waals surface area contributed by atoms with Gasteiger partial charge in [-0.3, -0.25) is 29.4 Å². The second-order valence-electron chi connectivity index (χ2n) is 11.9. The Kier molecular flexibility index (Phi) is 6.49. The standard InChI is InChI=1S/C32H33FN4O4/c33-21-10-8-19(9-11-21)24-5-1-2-6-25(24)31(40)35-16-22-14-23(17-35)36(22)15-20-4-3-7-26-27(20)18-37(32(26)41)28-12-13-29(38)34-30(28)39/h3-4,7-11,22-23,28H,1-2,5-6,12-18H2,(H,34,38,39). The summed E-state index contributed by atoms with van der Waals surface area (Å²) in [4.78, 5) is 57.1. The van der Waals surface area contributed by atoms with E-state index in [9.17, 15) is 23.6 Å². The topological polar surface area (TPSA) is 90.0 Å². The Hall–Kier alpha value is -3.85. The molecule has 0 saturated carbocycles. The highest BCUT2D eigenvalue weighted by Gasteiger charge is 2.47. The summed E-state index contributed by atoms with van der Waals surface area (Å²) in [5.74, 6) is -1.01. The van der Waals surface area contributed by atoms with Gasteiger partial charge in [0, 0.05) is 55.8 Å². The van der Waals surface area contributed by atoms with Gasteiger partial charge in [0.2, 0.25) is 17.7 Å². The number of piperidine rings is 2. The molecule has 41 heavy (non-hydrogen) atoms. The van der Waals surface area contributed by atoms with Gasteiger partial charge in [0.25, 0.3) is 5.91 Å². The van der Waals surface area contributed by atoms with Crippen molar-refractivity contribution in [1.82, 2.24) is 20.0 Å². The van der Waals surface area contributed by atoms with Crippen LogP contribution in [0.4, 0.5) is 4.39 Å². The van der Waals surface area contributed by atoms with Gasteiger partial charge >= 0.3 is 0 Å². The molecular weight excluding hydrogens is 523 g/mol. The number of amides is 4. The Balaban J connectivity index is 1.05. The average Bonchev–Trinajstić information content (AvgIpc) is 3.32. The molecule has 0 radical (unpaired) electrons. The lowest BCUT2D eigenvalue weighted by molar-refractivity contribution is -0.141. The van der Waals surface area contributed by atoms with Crippen LogP contribution < -0.4 is 5.32 Å².